The molecule has 2 fully saturated rings. The van der Waals surface area contributed by atoms with Gasteiger partial charge < -0.3 is 0 Å². The third-order valence-electron chi connectivity index (χ3n) is 4.00. The molecule has 0 bridgehead atoms. The second-order valence-electron chi connectivity index (χ2n) is 5.37. The zero-order chi connectivity index (χ0) is 13.4. The van der Waals surface area contributed by atoms with Gasteiger partial charge in [-0.1, -0.05) is 17.7 Å². The Kier molecular flexibility index (Phi) is 3.11. The molecule has 0 saturated carbocycles. The summed E-state index contributed by atoms with van der Waals surface area (Å²) in [6, 6.07) is 7.31. The van der Waals surface area contributed by atoms with E-state index in [1.807, 2.05) is 31.2 Å². The fraction of sp³-hybridized carbons (Fsp3) is 0.467. The first-order valence-corrected chi connectivity index (χ1v) is 6.84. The van der Waals surface area contributed by atoms with Gasteiger partial charge in [0.25, 0.3) is 5.91 Å². The summed E-state index contributed by atoms with van der Waals surface area (Å²) in [5.41, 5.74) is 1.82. The molecule has 2 heterocycles. The van der Waals surface area contributed by atoms with Crippen molar-refractivity contribution in [3.8, 4) is 0 Å². The number of imide groups is 1. The van der Waals surface area contributed by atoms with E-state index in [0.29, 0.717) is 12.1 Å². The first kappa shape index (κ1) is 12.4. The number of likely N-dealkylation sites (tertiary alicyclic amines) is 1. The molecule has 4 nitrogen and oxygen atoms in total. The van der Waals surface area contributed by atoms with Crippen molar-refractivity contribution in [1.29, 1.82) is 0 Å². The molecule has 3 rings (SSSR count). The molecule has 1 aromatic rings. The Balaban J connectivity index is 1.84. The lowest BCUT2D eigenvalue weighted by atomic mass is 10.2. The second-order valence-corrected chi connectivity index (χ2v) is 5.37. The standard InChI is InChI=1S/C15H18N2O2/c1-11-4-6-12(7-5-11)17-14(18)10-13(15(17)19)16-8-2-3-9-16/h4-7,13H,2-3,8-10H2,1H3/t13-/m0/s1. The van der Waals surface area contributed by atoms with Crippen molar-refractivity contribution in [3.05, 3.63) is 29.8 Å². The Hall–Kier alpha value is -1.68. The van der Waals surface area contributed by atoms with E-state index in [4.69, 9.17) is 0 Å². The Bertz CT molecular complexity index is 503. The van der Waals surface area contributed by atoms with E-state index in [1.165, 1.54) is 4.90 Å². The van der Waals surface area contributed by atoms with Crippen LogP contribution in [0.4, 0.5) is 5.69 Å². The van der Waals surface area contributed by atoms with Crippen LogP contribution in [0.2, 0.25) is 0 Å². The van der Waals surface area contributed by atoms with Gasteiger partial charge in [0, 0.05) is 0 Å². The minimum atomic E-state index is -0.240. The monoisotopic (exact) mass is 258 g/mol. The minimum Gasteiger partial charge on any atom is -0.292 e. The first-order valence-electron chi connectivity index (χ1n) is 6.84. The highest BCUT2D eigenvalue weighted by Crippen LogP contribution is 2.27. The number of anilines is 1. The van der Waals surface area contributed by atoms with Crippen LogP contribution in [0.5, 0.6) is 0 Å². The summed E-state index contributed by atoms with van der Waals surface area (Å²) in [6.45, 7) is 3.86. The molecule has 0 aliphatic carbocycles. The normalized spacial score (nSPS) is 24.5. The van der Waals surface area contributed by atoms with Crippen molar-refractivity contribution in [1.82, 2.24) is 4.90 Å². The van der Waals surface area contributed by atoms with Crippen molar-refractivity contribution in [2.24, 2.45) is 0 Å². The smallest absolute Gasteiger partial charge is 0.251 e. The van der Waals surface area contributed by atoms with Crippen LogP contribution >= 0.6 is 0 Å². The number of benzene rings is 1. The average Bonchev–Trinajstić information content (AvgIpc) is 3.00. The summed E-state index contributed by atoms with van der Waals surface area (Å²) in [7, 11) is 0. The predicted octanol–water partition coefficient (Wildman–Crippen LogP) is 1.72. The number of aryl methyl sites for hydroxylation is 1. The number of amides is 2. The molecule has 2 saturated heterocycles. The van der Waals surface area contributed by atoms with Gasteiger partial charge in [-0.2, -0.15) is 0 Å². The highest BCUT2D eigenvalue weighted by molar-refractivity contribution is 6.22. The number of carbonyl (C=O) groups excluding carboxylic acids is 2. The van der Waals surface area contributed by atoms with Gasteiger partial charge in [-0.15, -0.1) is 0 Å². The average molecular weight is 258 g/mol. The van der Waals surface area contributed by atoms with Crippen molar-refractivity contribution in [2.75, 3.05) is 18.0 Å². The molecular weight excluding hydrogens is 240 g/mol. The quantitative estimate of drug-likeness (QED) is 0.758. The predicted molar refractivity (Wildman–Crippen MR) is 72.9 cm³/mol. The van der Waals surface area contributed by atoms with Gasteiger partial charge in [0.05, 0.1) is 18.2 Å². The van der Waals surface area contributed by atoms with E-state index in [1.54, 1.807) is 0 Å². The number of rotatable bonds is 2. The van der Waals surface area contributed by atoms with E-state index in [9.17, 15) is 9.59 Å². The lowest BCUT2D eigenvalue weighted by molar-refractivity contribution is -0.122. The molecule has 1 aromatic carbocycles. The van der Waals surface area contributed by atoms with Crippen molar-refractivity contribution in [2.45, 2.75) is 32.2 Å². The maximum atomic E-state index is 12.5. The molecule has 2 aliphatic rings. The van der Waals surface area contributed by atoms with Crippen LogP contribution in [-0.2, 0) is 9.59 Å². The third kappa shape index (κ3) is 2.16. The summed E-state index contributed by atoms with van der Waals surface area (Å²) in [4.78, 5) is 28.1. The van der Waals surface area contributed by atoms with Crippen LogP contribution in [0.25, 0.3) is 0 Å². The number of hydrogen-bond acceptors (Lipinski definition) is 3. The first-order chi connectivity index (χ1) is 9.16. The molecule has 0 spiro atoms. The molecule has 2 aliphatic heterocycles. The van der Waals surface area contributed by atoms with Crippen LogP contribution in [0.1, 0.15) is 24.8 Å². The summed E-state index contributed by atoms with van der Waals surface area (Å²) < 4.78 is 0. The largest absolute Gasteiger partial charge is 0.292 e. The van der Waals surface area contributed by atoms with Crippen LogP contribution in [0.3, 0.4) is 0 Å². The summed E-state index contributed by atoms with van der Waals surface area (Å²) in [5.74, 6) is -0.137. The molecule has 2 amide bonds. The van der Waals surface area contributed by atoms with Crippen LogP contribution < -0.4 is 4.90 Å². The van der Waals surface area contributed by atoms with Gasteiger partial charge in [-0.25, -0.2) is 4.90 Å². The Morgan fingerprint density at radius 3 is 2.32 bits per heavy atom. The van der Waals surface area contributed by atoms with Gasteiger partial charge in [-0.3, -0.25) is 14.5 Å². The van der Waals surface area contributed by atoms with Gasteiger partial charge >= 0.3 is 0 Å². The molecule has 100 valence electrons. The second kappa shape index (κ2) is 4.78. The molecule has 0 unspecified atom stereocenters. The van der Waals surface area contributed by atoms with Crippen LogP contribution in [-0.4, -0.2) is 35.8 Å². The zero-order valence-corrected chi connectivity index (χ0v) is 11.1. The number of hydrogen-bond donors (Lipinski definition) is 0. The zero-order valence-electron chi connectivity index (χ0n) is 11.1. The van der Waals surface area contributed by atoms with Gasteiger partial charge in [-0.05, 0) is 45.0 Å². The minimum absolute atomic E-state index is 0.0595. The van der Waals surface area contributed by atoms with Gasteiger partial charge in [0.15, 0.2) is 0 Å². The van der Waals surface area contributed by atoms with Gasteiger partial charge in [0.2, 0.25) is 5.91 Å². The van der Waals surface area contributed by atoms with Crippen LogP contribution in [0, 0.1) is 6.92 Å². The number of nitrogens with zero attached hydrogens (tertiary/aromatic N) is 2. The lowest BCUT2D eigenvalue weighted by Crippen LogP contribution is -2.40. The topological polar surface area (TPSA) is 40.6 Å². The third-order valence-corrected chi connectivity index (χ3v) is 4.00. The fourth-order valence-electron chi connectivity index (χ4n) is 2.92. The molecule has 1 atom stereocenters. The molecular formula is C15H18N2O2. The summed E-state index contributed by atoms with van der Waals surface area (Å²) >= 11 is 0. The van der Waals surface area contributed by atoms with Crippen LogP contribution in [0.15, 0.2) is 24.3 Å². The molecule has 0 N–H and O–H groups in total. The summed E-state index contributed by atoms with van der Waals surface area (Å²) in [5, 5.41) is 0. The molecule has 0 aromatic heterocycles. The van der Waals surface area contributed by atoms with Gasteiger partial charge in [0.1, 0.15) is 0 Å². The lowest BCUT2D eigenvalue weighted by Gasteiger charge is -2.21. The SMILES string of the molecule is Cc1ccc(N2C(=O)C[C@H](N3CCCC3)C2=O)cc1. The van der Waals surface area contributed by atoms with E-state index in [0.717, 1.165) is 31.5 Å². The van der Waals surface area contributed by atoms with E-state index in [-0.39, 0.29) is 17.9 Å². The maximum Gasteiger partial charge on any atom is 0.251 e. The number of carbonyl (C=O) groups is 2. The molecule has 4 heteroatoms. The highest BCUT2D eigenvalue weighted by Gasteiger charge is 2.43. The Morgan fingerprint density at radius 1 is 1.05 bits per heavy atom. The Morgan fingerprint density at radius 2 is 1.68 bits per heavy atom. The molecule has 19 heavy (non-hydrogen) atoms. The fourth-order valence-corrected chi connectivity index (χ4v) is 2.92. The highest BCUT2D eigenvalue weighted by atomic mass is 16.2. The van der Waals surface area contributed by atoms with E-state index >= 15 is 0 Å². The van der Waals surface area contributed by atoms with Crippen molar-refractivity contribution in [3.63, 3.8) is 0 Å². The Labute approximate surface area is 113 Å². The van der Waals surface area contributed by atoms with E-state index in [2.05, 4.69) is 4.90 Å². The summed E-state index contributed by atoms with van der Waals surface area (Å²) in [6.07, 6.45) is 2.58. The maximum absolute atomic E-state index is 12.5. The van der Waals surface area contributed by atoms with Crippen molar-refractivity contribution >= 4 is 17.5 Å². The van der Waals surface area contributed by atoms with E-state index < -0.39 is 0 Å². The van der Waals surface area contributed by atoms with Crippen molar-refractivity contribution < 1.29 is 9.59 Å². The molecule has 0 radical (unpaired) electrons.